The molecule has 0 N–H and O–H groups in total. The molecule has 0 aliphatic carbocycles. The van der Waals surface area contributed by atoms with Crippen LogP contribution in [-0.2, 0) is 23.1 Å². The molecule has 1 amide bonds. The molecule has 0 saturated heterocycles. The lowest BCUT2D eigenvalue weighted by atomic mass is 10.2. The molecule has 200 valence electrons. The second kappa shape index (κ2) is 11.7. The minimum atomic E-state index is -3.75. The van der Waals surface area contributed by atoms with Crippen molar-refractivity contribution >= 4 is 54.4 Å². The van der Waals surface area contributed by atoms with Crippen molar-refractivity contribution < 1.29 is 17.6 Å². The summed E-state index contributed by atoms with van der Waals surface area (Å²) in [6, 6.07) is 25.2. The third-order valence-electron chi connectivity index (χ3n) is 6.25. The SMILES string of the molecule is CCN(Cc1ccccc1)S(=O)(=O)c1ccc(C(=O)N(Cc2ccco2)c2nc3ccc(SC)cc3s2)cc1. The smallest absolute Gasteiger partial charge is 0.260 e. The predicted molar refractivity (Wildman–Crippen MR) is 157 cm³/mol. The Morgan fingerprint density at radius 2 is 1.74 bits per heavy atom. The Balaban J connectivity index is 1.43. The summed E-state index contributed by atoms with van der Waals surface area (Å²) in [7, 11) is -3.75. The molecule has 39 heavy (non-hydrogen) atoms. The number of aromatic nitrogens is 1. The van der Waals surface area contributed by atoms with Gasteiger partial charge in [-0.25, -0.2) is 13.4 Å². The normalized spacial score (nSPS) is 11.8. The molecule has 0 saturated carbocycles. The van der Waals surface area contributed by atoms with Gasteiger partial charge in [0, 0.05) is 23.5 Å². The number of rotatable bonds is 10. The van der Waals surface area contributed by atoms with E-state index in [-0.39, 0.29) is 23.9 Å². The molecule has 10 heteroatoms. The lowest BCUT2D eigenvalue weighted by molar-refractivity contribution is 0.0983. The molecule has 5 aromatic rings. The van der Waals surface area contributed by atoms with Crippen LogP contribution in [0.1, 0.15) is 28.6 Å². The van der Waals surface area contributed by atoms with Gasteiger partial charge in [-0.3, -0.25) is 9.69 Å². The molecule has 0 spiro atoms. The van der Waals surface area contributed by atoms with E-state index in [1.54, 1.807) is 47.2 Å². The van der Waals surface area contributed by atoms with Crippen LogP contribution < -0.4 is 4.90 Å². The highest BCUT2D eigenvalue weighted by Crippen LogP contribution is 2.33. The van der Waals surface area contributed by atoms with Gasteiger partial charge >= 0.3 is 0 Å². The second-order valence-electron chi connectivity index (χ2n) is 8.74. The first-order valence-electron chi connectivity index (χ1n) is 12.3. The molecule has 0 bridgehead atoms. The van der Waals surface area contributed by atoms with Gasteiger partial charge in [-0.2, -0.15) is 4.31 Å². The Morgan fingerprint density at radius 3 is 2.41 bits per heavy atom. The van der Waals surface area contributed by atoms with Gasteiger partial charge in [-0.15, -0.1) is 11.8 Å². The zero-order chi connectivity index (χ0) is 27.4. The Hall–Kier alpha value is -3.44. The van der Waals surface area contributed by atoms with E-state index in [1.165, 1.54) is 27.8 Å². The number of fused-ring (bicyclic) bond motifs is 1. The summed E-state index contributed by atoms with van der Waals surface area (Å²) in [5.74, 6) is 0.322. The van der Waals surface area contributed by atoms with E-state index in [2.05, 4.69) is 6.07 Å². The number of furan rings is 1. The summed E-state index contributed by atoms with van der Waals surface area (Å²) < 4.78 is 34.7. The molecule has 0 aliphatic heterocycles. The van der Waals surface area contributed by atoms with Gasteiger partial charge in [0.05, 0.1) is 27.9 Å². The Morgan fingerprint density at radius 1 is 0.974 bits per heavy atom. The number of sulfonamides is 1. The van der Waals surface area contributed by atoms with Crippen molar-refractivity contribution in [3.63, 3.8) is 0 Å². The van der Waals surface area contributed by atoms with Gasteiger partial charge in [0.15, 0.2) is 5.13 Å². The molecule has 2 heterocycles. The van der Waals surface area contributed by atoms with Crippen molar-refractivity contribution in [2.45, 2.75) is 29.8 Å². The van der Waals surface area contributed by atoms with Gasteiger partial charge in [-0.1, -0.05) is 48.6 Å². The fraction of sp³-hybridized carbons (Fsp3) is 0.172. The van der Waals surface area contributed by atoms with Crippen LogP contribution in [0, 0.1) is 0 Å². The Kier molecular flexibility index (Phi) is 8.18. The maximum atomic E-state index is 13.8. The number of benzene rings is 3. The summed E-state index contributed by atoms with van der Waals surface area (Å²) in [5, 5.41) is 0.543. The number of hydrogen-bond acceptors (Lipinski definition) is 7. The minimum Gasteiger partial charge on any atom is -0.467 e. The van der Waals surface area contributed by atoms with Crippen LogP contribution in [-0.4, -0.2) is 36.4 Å². The third-order valence-corrected chi connectivity index (χ3v) is 9.95. The summed E-state index contributed by atoms with van der Waals surface area (Å²) in [6.07, 6.45) is 3.58. The molecule has 0 atom stereocenters. The summed E-state index contributed by atoms with van der Waals surface area (Å²) in [6.45, 7) is 2.60. The van der Waals surface area contributed by atoms with Crippen molar-refractivity contribution in [1.82, 2.24) is 9.29 Å². The summed E-state index contributed by atoms with van der Waals surface area (Å²) >= 11 is 3.08. The van der Waals surface area contributed by atoms with Gasteiger partial charge in [0.1, 0.15) is 5.76 Å². The van der Waals surface area contributed by atoms with E-state index in [0.717, 1.165) is 20.7 Å². The van der Waals surface area contributed by atoms with Crippen LogP contribution in [0.3, 0.4) is 0 Å². The maximum absolute atomic E-state index is 13.8. The number of thiazole rings is 1. The quantitative estimate of drug-likeness (QED) is 0.172. The number of nitrogens with zero attached hydrogens (tertiary/aromatic N) is 3. The number of carbonyl (C=O) groups excluding carboxylic acids is 1. The van der Waals surface area contributed by atoms with Crippen LogP contribution in [0.25, 0.3) is 10.2 Å². The standard InChI is InChI=1S/C29H27N3O4S3/c1-3-31(19-21-8-5-4-6-9-21)39(34,35)25-14-11-22(12-15-25)28(33)32(20-23-10-7-17-36-23)29-30-26-16-13-24(37-2)18-27(26)38-29/h4-18H,3,19-20H2,1-2H3. The van der Waals surface area contributed by atoms with Crippen LogP contribution in [0.5, 0.6) is 0 Å². The fourth-order valence-corrected chi connectivity index (χ4v) is 7.10. The molecule has 5 rings (SSSR count). The average Bonchev–Trinajstić information content (AvgIpc) is 3.64. The lowest BCUT2D eigenvalue weighted by Crippen LogP contribution is -2.31. The lowest BCUT2D eigenvalue weighted by Gasteiger charge is -2.21. The number of anilines is 1. The number of amides is 1. The van der Waals surface area contributed by atoms with Crippen molar-refractivity contribution in [2.24, 2.45) is 0 Å². The highest BCUT2D eigenvalue weighted by molar-refractivity contribution is 7.98. The van der Waals surface area contributed by atoms with Gasteiger partial charge in [0.25, 0.3) is 5.91 Å². The predicted octanol–water partition coefficient (Wildman–Crippen LogP) is 6.67. The summed E-state index contributed by atoms with van der Waals surface area (Å²) in [5.41, 5.74) is 2.07. The maximum Gasteiger partial charge on any atom is 0.260 e. The molecule has 7 nitrogen and oxygen atoms in total. The van der Waals surface area contributed by atoms with Gasteiger partial charge < -0.3 is 4.42 Å². The minimum absolute atomic E-state index is 0.138. The van der Waals surface area contributed by atoms with Crippen molar-refractivity contribution in [1.29, 1.82) is 0 Å². The van der Waals surface area contributed by atoms with Crippen molar-refractivity contribution in [3.8, 4) is 0 Å². The molecule has 2 aromatic heterocycles. The highest BCUT2D eigenvalue weighted by atomic mass is 32.2. The van der Waals surface area contributed by atoms with Crippen molar-refractivity contribution in [2.75, 3.05) is 17.7 Å². The van der Waals surface area contributed by atoms with E-state index in [0.29, 0.717) is 23.0 Å². The molecular formula is C29H27N3O4S3. The van der Waals surface area contributed by atoms with E-state index in [4.69, 9.17) is 9.40 Å². The Labute approximate surface area is 236 Å². The first-order chi connectivity index (χ1) is 18.9. The first kappa shape index (κ1) is 27.1. The van der Waals surface area contributed by atoms with E-state index < -0.39 is 10.0 Å². The first-order valence-corrected chi connectivity index (χ1v) is 15.8. The molecule has 3 aromatic carbocycles. The van der Waals surface area contributed by atoms with Crippen LogP contribution >= 0.6 is 23.1 Å². The zero-order valence-corrected chi connectivity index (χ0v) is 23.9. The number of thioether (sulfide) groups is 1. The fourth-order valence-electron chi connectivity index (χ4n) is 4.15. The highest BCUT2D eigenvalue weighted by Gasteiger charge is 2.26. The molecular weight excluding hydrogens is 551 g/mol. The Bertz CT molecular complexity index is 1670. The van der Waals surface area contributed by atoms with Gasteiger partial charge in [-0.05, 0) is 66.4 Å². The van der Waals surface area contributed by atoms with E-state index in [9.17, 15) is 13.2 Å². The second-order valence-corrected chi connectivity index (χ2v) is 12.6. The van der Waals surface area contributed by atoms with E-state index >= 15 is 0 Å². The summed E-state index contributed by atoms with van der Waals surface area (Å²) in [4.78, 5) is 21.3. The molecule has 0 aliphatic rings. The zero-order valence-electron chi connectivity index (χ0n) is 21.5. The number of carbonyl (C=O) groups is 1. The van der Waals surface area contributed by atoms with Crippen LogP contribution in [0.15, 0.2) is 105 Å². The molecule has 0 unspecified atom stereocenters. The third kappa shape index (κ3) is 5.94. The van der Waals surface area contributed by atoms with Crippen molar-refractivity contribution in [3.05, 3.63) is 108 Å². The molecule has 0 radical (unpaired) electrons. The van der Waals surface area contributed by atoms with E-state index in [1.807, 2.05) is 55.6 Å². The topological polar surface area (TPSA) is 83.7 Å². The number of hydrogen-bond donors (Lipinski definition) is 0. The largest absolute Gasteiger partial charge is 0.467 e. The van der Waals surface area contributed by atoms with Gasteiger partial charge in [0.2, 0.25) is 10.0 Å². The van der Waals surface area contributed by atoms with Crippen LogP contribution in [0.2, 0.25) is 0 Å². The average molecular weight is 578 g/mol. The monoisotopic (exact) mass is 577 g/mol. The molecule has 0 fully saturated rings. The van der Waals surface area contributed by atoms with Crippen LogP contribution in [0.4, 0.5) is 5.13 Å².